The molecule has 0 bridgehead atoms. The van der Waals surface area contributed by atoms with E-state index in [1.807, 2.05) is 6.07 Å². The molecule has 2 aromatic rings. The fourth-order valence-electron chi connectivity index (χ4n) is 1.67. The van der Waals surface area contributed by atoms with Crippen molar-refractivity contribution < 1.29 is 13.5 Å². The third kappa shape index (κ3) is 3.04. The van der Waals surface area contributed by atoms with Crippen LogP contribution in [0.1, 0.15) is 26.3 Å². The Morgan fingerprint density at radius 2 is 1.80 bits per heavy atom. The molecule has 0 fully saturated rings. The highest BCUT2D eigenvalue weighted by Crippen LogP contribution is 2.29. The predicted molar refractivity (Wildman–Crippen MR) is 73.8 cm³/mol. The molecule has 0 aliphatic rings. The van der Waals surface area contributed by atoms with Crippen molar-refractivity contribution in [1.82, 2.24) is 4.98 Å². The number of pyridine rings is 1. The van der Waals surface area contributed by atoms with Gasteiger partial charge in [0.25, 0.3) is 5.88 Å². The smallest absolute Gasteiger partial charge is 0.258 e. The van der Waals surface area contributed by atoms with Gasteiger partial charge in [0, 0.05) is 6.07 Å². The monoisotopic (exact) mass is 278 g/mol. The molecule has 20 heavy (non-hydrogen) atoms. The first-order valence-corrected chi connectivity index (χ1v) is 6.17. The highest BCUT2D eigenvalue weighted by Gasteiger charge is 2.16. The largest absolute Gasteiger partial charge is 0.436 e. The predicted octanol–water partition coefficient (Wildman–Crippen LogP) is 4.03. The van der Waals surface area contributed by atoms with Crippen LogP contribution in [-0.4, -0.2) is 4.98 Å². The number of hydrogen-bond donors (Lipinski definition) is 1. The summed E-state index contributed by atoms with van der Waals surface area (Å²) >= 11 is 0. The van der Waals surface area contributed by atoms with Crippen LogP contribution in [0.3, 0.4) is 0 Å². The fraction of sp³-hybridized carbons (Fsp3) is 0.267. The van der Waals surface area contributed by atoms with E-state index in [2.05, 4.69) is 25.8 Å². The zero-order chi connectivity index (χ0) is 14.9. The maximum absolute atomic E-state index is 13.6. The lowest BCUT2D eigenvalue weighted by Gasteiger charge is -2.19. The van der Waals surface area contributed by atoms with Crippen LogP contribution in [-0.2, 0) is 5.41 Å². The molecule has 5 heteroatoms. The molecule has 0 unspecified atom stereocenters. The number of aromatic nitrogens is 1. The van der Waals surface area contributed by atoms with Crippen LogP contribution >= 0.6 is 0 Å². The summed E-state index contributed by atoms with van der Waals surface area (Å²) in [4.78, 5) is 3.56. The normalized spacial score (nSPS) is 11.4. The number of nitrogen functional groups attached to an aromatic ring is 1. The van der Waals surface area contributed by atoms with Gasteiger partial charge in [-0.25, -0.2) is 8.78 Å². The first-order chi connectivity index (χ1) is 9.27. The average Bonchev–Trinajstić information content (AvgIpc) is 2.35. The first kappa shape index (κ1) is 14.2. The lowest BCUT2D eigenvalue weighted by atomic mass is 9.87. The average molecular weight is 278 g/mol. The summed E-state index contributed by atoms with van der Waals surface area (Å²) in [7, 11) is 0. The summed E-state index contributed by atoms with van der Waals surface area (Å²) in [6.45, 7) is 6.17. The summed E-state index contributed by atoms with van der Waals surface area (Å²) in [6, 6.07) is 7.89. The molecular formula is C15H16F2N2O. The molecule has 0 saturated carbocycles. The van der Waals surface area contributed by atoms with Gasteiger partial charge in [-0.15, -0.1) is 0 Å². The molecule has 0 aliphatic carbocycles. The van der Waals surface area contributed by atoms with Crippen molar-refractivity contribution in [3.63, 3.8) is 0 Å². The zero-order valence-electron chi connectivity index (χ0n) is 11.6. The lowest BCUT2D eigenvalue weighted by Crippen LogP contribution is -2.10. The SMILES string of the molecule is CC(C)(C)c1cccc(Oc2nc(N)c(F)cc2F)c1. The molecule has 0 spiro atoms. The Balaban J connectivity index is 2.33. The maximum Gasteiger partial charge on any atom is 0.258 e. The second-order valence-corrected chi connectivity index (χ2v) is 5.52. The van der Waals surface area contributed by atoms with E-state index in [0.29, 0.717) is 11.8 Å². The lowest BCUT2D eigenvalue weighted by molar-refractivity contribution is 0.416. The van der Waals surface area contributed by atoms with Crippen LogP contribution < -0.4 is 10.5 Å². The molecular weight excluding hydrogens is 262 g/mol. The Bertz CT molecular complexity index is 636. The van der Waals surface area contributed by atoms with Crippen LogP contribution in [0, 0.1) is 11.6 Å². The van der Waals surface area contributed by atoms with Crippen molar-refractivity contribution in [2.75, 3.05) is 5.73 Å². The van der Waals surface area contributed by atoms with Crippen molar-refractivity contribution in [3.05, 3.63) is 47.5 Å². The van der Waals surface area contributed by atoms with Gasteiger partial charge in [-0.1, -0.05) is 32.9 Å². The third-order valence-corrected chi connectivity index (χ3v) is 2.84. The number of ether oxygens (including phenoxy) is 1. The molecule has 1 heterocycles. The van der Waals surface area contributed by atoms with E-state index in [1.54, 1.807) is 18.2 Å². The van der Waals surface area contributed by atoms with Gasteiger partial charge >= 0.3 is 0 Å². The number of anilines is 1. The van der Waals surface area contributed by atoms with Crippen LogP contribution in [0.15, 0.2) is 30.3 Å². The van der Waals surface area contributed by atoms with E-state index in [4.69, 9.17) is 10.5 Å². The Morgan fingerprint density at radius 1 is 1.10 bits per heavy atom. The summed E-state index contributed by atoms with van der Waals surface area (Å²) < 4.78 is 32.0. The van der Waals surface area contributed by atoms with Crippen molar-refractivity contribution >= 4 is 5.82 Å². The molecule has 0 aliphatic heterocycles. The van der Waals surface area contributed by atoms with Crippen LogP contribution in [0.5, 0.6) is 11.6 Å². The Labute approximate surface area is 116 Å². The highest BCUT2D eigenvalue weighted by atomic mass is 19.1. The highest BCUT2D eigenvalue weighted by molar-refractivity contribution is 5.38. The minimum Gasteiger partial charge on any atom is -0.436 e. The quantitative estimate of drug-likeness (QED) is 0.902. The summed E-state index contributed by atoms with van der Waals surface area (Å²) in [5, 5.41) is 0. The van der Waals surface area contributed by atoms with Gasteiger partial charge in [-0.05, 0) is 23.1 Å². The van der Waals surface area contributed by atoms with Gasteiger partial charge in [0.05, 0.1) is 0 Å². The third-order valence-electron chi connectivity index (χ3n) is 2.84. The van der Waals surface area contributed by atoms with Gasteiger partial charge in [0.15, 0.2) is 17.5 Å². The van der Waals surface area contributed by atoms with Gasteiger partial charge in [0.1, 0.15) is 5.75 Å². The number of rotatable bonds is 2. The molecule has 106 valence electrons. The molecule has 2 N–H and O–H groups in total. The Hall–Kier alpha value is -2.17. The number of nitrogens with two attached hydrogens (primary N) is 1. The molecule has 1 aromatic heterocycles. The zero-order valence-corrected chi connectivity index (χ0v) is 11.6. The molecule has 0 saturated heterocycles. The van der Waals surface area contributed by atoms with Crippen molar-refractivity contribution in [1.29, 1.82) is 0 Å². The number of nitrogens with zero attached hydrogens (tertiary/aromatic N) is 1. The topological polar surface area (TPSA) is 48.1 Å². The minimum absolute atomic E-state index is 0.0623. The van der Waals surface area contributed by atoms with E-state index in [-0.39, 0.29) is 11.3 Å². The van der Waals surface area contributed by atoms with E-state index >= 15 is 0 Å². The second kappa shape index (κ2) is 5.07. The molecule has 1 aromatic carbocycles. The summed E-state index contributed by atoms with van der Waals surface area (Å²) in [5.41, 5.74) is 6.28. The van der Waals surface area contributed by atoms with E-state index in [1.165, 1.54) is 0 Å². The van der Waals surface area contributed by atoms with E-state index < -0.39 is 17.5 Å². The van der Waals surface area contributed by atoms with Gasteiger partial charge < -0.3 is 10.5 Å². The van der Waals surface area contributed by atoms with Gasteiger partial charge in [-0.3, -0.25) is 0 Å². The molecule has 0 radical (unpaired) electrons. The van der Waals surface area contributed by atoms with Crippen LogP contribution in [0.25, 0.3) is 0 Å². The maximum atomic E-state index is 13.6. The Kier molecular flexibility index (Phi) is 3.61. The number of benzene rings is 1. The van der Waals surface area contributed by atoms with Crippen LogP contribution in [0.2, 0.25) is 0 Å². The van der Waals surface area contributed by atoms with E-state index in [9.17, 15) is 8.78 Å². The number of hydrogen-bond acceptors (Lipinski definition) is 3. The van der Waals surface area contributed by atoms with Crippen LogP contribution in [0.4, 0.5) is 14.6 Å². The number of halogens is 2. The van der Waals surface area contributed by atoms with Crippen molar-refractivity contribution in [2.45, 2.75) is 26.2 Å². The summed E-state index contributed by atoms with van der Waals surface area (Å²) in [5.74, 6) is -2.10. The Morgan fingerprint density at radius 3 is 2.45 bits per heavy atom. The first-order valence-electron chi connectivity index (χ1n) is 6.17. The van der Waals surface area contributed by atoms with Crippen molar-refractivity contribution in [3.8, 4) is 11.6 Å². The molecule has 2 rings (SSSR count). The van der Waals surface area contributed by atoms with Gasteiger partial charge in [0.2, 0.25) is 0 Å². The minimum atomic E-state index is -0.904. The summed E-state index contributed by atoms with van der Waals surface area (Å²) in [6.07, 6.45) is 0. The second-order valence-electron chi connectivity index (χ2n) is 5.52. The molecule has 0 atom stereocenters. The standard InChI is InChI=1S/C15H16F2N2O/c1-15(2,3)9-5-4-6-10(7-9)20-14-12(17)8-11(16)13(18)19-14/h4-8H,1-3H3,(H2,18,19). The fourth-order valence-corrected chi connectivity index (χ4v) is 1.67. The molecule has 3 nitrogen and oxygen atoms in total. The molecule has 0 amide bonds. The van der Waals surface area contributed by atoms with E-state index in [0.717, 1.165) is 5.56 Å². The van der Waals surface area contributed by atoms with Gasteiger partial charge in [-0.2, -0.15) is 4.98 Å². The van der Waals surface area contributed by atoms with Crippen molar-refractivity contribution in [2.24, 2.45) is 0 Å².